The summed E-state index contributed by atoms with van der Waals surface area (Å²) in [5, 5.41) is 10.6. The summed E-state index contributed by atoms with van der Waals surface area (Å²) in [6.45, 7) is 0. The first-order valence-electron chi connectivity index (χ1n) is 5.44. The van der Waals surface area contributed by atoms with Crippen molar-refractivity contribution in [2.45, 2.75) is 6.43 Å². The lowest BCUT2D eigenvalue weighted by atomic mass is 10.4. The summed E-state index contributed by atoms with van der Waals surface area (Å²) in [4.78, 5) is 3.40. The van der Waals surface area contributed by atoms with E-state index in [1.165, 1.54) is 30.5 Å². The molecule has 0 bridgehead atoms. The topological polar surface area (TPSA) is 65.2 Å². The van der Waals surface area contributed by atoms with Crippen LogP contribution in [0.15, 0.2) is 30.5 Å². The minimum atomic E-state index is -2.83. The van der Waals surface area contributed by atoms with Crippen molar-refractivity contribution in [2.75, 3.05) is 0 Å². The molecular formula is C11H6F3N5O. The van der Waals surface area contributed by atoms with Crippen LogP contribution in [0.2, 0.25) is 0 Å². The molecule has 0 radical (unpaired) electrons. The fourth-order valence-electron chi connectivity index (χ4n) is 1.54. The van der Waals surface area contributed by atoms with E-state index in [9.17, 15) is 13.2 Å². The molecule has 0 spiro atoms. The van der Waals surface area contributed by atoms with Gasteiger partial charge in [0.2, 0.25) is 11.7 Å². The van der Waals surface area contributed by atoms with Crippen molar-refractivity contribution >= 4 is 5.65 Å². The molecule has 0 unspecified atom stereocenters. The highest BCUT2D eigenvalue weighted by atomic mass is 19.3. The van der Waals surface area contributed by atoms with Gasteiger partial charge < -0.3 is 4.74 Å². The lowest BCUT2D eigenvalue weighted by Crippen LogP contribution is -2.01. The maximum absolute atomic E-state index is 13.3. The molecule has 3 heterocycles. The number of hydrogen-bond acceptors (Lipinski definition) is 5. The lowest BCUT2D eigenvalue weighted by molar-refractivity contribution is 0.137. The SMILES string of the molecule is Fc1ncccc1Oc1ccc2nnc(C(F)F)n2n1. The Morgan fingerprint density at radius 2 is 2.00 bits per heavy atom. The third kappa shape index (κ3) is 2.13. The number of ether oxygens (including phenoxy) is 1. The van der Waals surface area contributed by atoms with Crippen LogP contribution in [-0.4, -0.2) is 24.8 Å². The van der Waals surface area contributed by atoms with E-state index in [2.05, 4.69) is 20.3 Å². The Labute approximate surface area is 109 Å². The second-order valence-electron chi connectivity index (χ2n) is 3.69. The lowest BCUT2D eigenvalue weighted by Gasteiger charge is -2.05. The van der Waals surface area contributed by atoms with Crippen LogP contribution in [0.4, 0.5) is 13.2 Å². The van der Waals surface area contributed by atoms with Crippen LogP contribution < -0.4 is 4.74 Å². The molecule has 6 nitrogen and oxygen atoms in total. The van der Waals surface area contributed by atoms with Gasteiger partial charge in [-0.1, -0.05) is 0 Å². The molecule has 20 heavy (non-hydrogen) atoms. The second kappa shape index (κ2) is 4.76. The summed E-state index contributed by atoms with van der Waals surface area (Å²) in [6, 6.07) is 5.57. The van der Waals surface area contributed by atoms with Crippen LogP contribution in [0, 0.1) is 5.95 Å². The molecule has 0 aromatic carbocycles. The Balaban J connectivity index is 2.00. The van der Waals surface area contributed by atoms with Crippen LogP contribution in [0.1, 0.15) is 12.2 Å². The molecule has 3 aromatic heterocycles. The molecule has 3 aromatic rings. The van der Waals surface area contributed by atoms with E-state index in [-0.39, 0.29) is 17.3 Å². The van der Waals surface area contributed by atoms with Crippen LogP contribution in [0.3, 0.4) is 0 Å². The number of hydrogen-bond donors (Lipinski definition) is 0. The Morgan fingerprint density at radius 3 is 2.75 bits per heavy atom. The molecule has 0 saturated heterocycles. The molecule has 0 amide bonds. The van der Waals surface area contributed by atoms with Gasteiger partial charge in [0.15, 0.2) is 11.4 Å². The minimum absolute atomic E-state index is 0.0777. The van der Waals surface area contributed by atoms with E-state index in [1.54, 1.807) is 0 Å². The Bertz CT molecular complexity index is 761. The van der Waals surface area contributed by atoms with E-state index in [0.717, 1.165) is 4.52 Å². The largest absolute Gasteiger partial charge is 0.433 e. The molecule has 0 atom stereocenters. The van der Waals surface area contributed by atoms with E-state index in [4.69, 9.17) is 4.74 Å². The van der Waals surface area contributed by atoms with Crippen molar-refractivity contribution in [1.29, 1.82) is 0 Å². The number of nitrogens with zero attached hydrogens (tertiary/aromatic N) is 5. The predicted molar refractivity (Wildman–Crippen MR) is 60.0 cm³/mol. The number of pyridine rings is 1. The Morgan fingerprint density at radius 1 is 1.15 bits per heavy atom. The van der Waals surface area contributed by atoms with Gasteiger partial charge >= 0.3 is 0 Å². The number of alkyl halides is 2. The van der Waals surface area contributed by atoms with Gasteiger partial charge in [0.25, 0.3) is 12.4 Å². The van der Waals surface area contributed by atoms with Gasteiger partial charge in [-0.15, -0.1) is 15.3 Å². The summed E-state index contributed by atoms with van der Waals surface area (Å²) in [5.41, 5.74) is 0.138. The fourth-order valence-corrected chi connectivity index (χ4v) is 1.54. The van der Waals surface area contributed by atoms with Crippen molar-refractivity contribution < 1.29 is 17.9 Å². The highest BCUT2D eigenvalue weighted by Gasteiger charge is 2.17. The average Bonchev–Trinajstić information content (AvgIpc) is 2.84. The van der Waals surface area contributed by atoms with Crippen molar-refractivity contribution in [3.8, 4) is 11.6 Å². The smallest absolute Gasteiger partial charge is 0.299 e. The predicted octanol–water partition coefficient (Wildman–Crippen LogP) is 2.39. The van der Waals surface area contributed by atoms with Crippen LogP contribution in [-0.2, 0) is 0 Å². The van der Waals surface area contributed by atoms with E-state index in [1.807, 2.05) is 0 Å². The monoisotopic (exact) mass is 281 g/mol. The zero-order chi connectivity index (χ0) is 14.1. The minimum Gasteiger partial charge on any atom is -0.433 e. The highest BCUT2D eigenvalue weighted by Crippen LogP contribution is 2.22. The van der Waals surface area contributed by atoms with Crippen LogP contribution in [0.5, 0.6) is 11.6 Å². The number of aromatic nitrogens is 5. The van der Waals surface area contributed by atoms with E-state index < -0.39 is 18.2 Å². The average molecular weight is 281 g/mol. The van der Waals surface area contributed by atoms with Crippen LogP contribution in [0.25, 0.3) is 5.65 Å². The van der Waals surface area contributed by atoms with Gasteiger partial charge in [-0.3, -0.25) is 0 Å². The van der Waals surface area contributed by atoms with Gasteiger partial charge in [0.05, 0.1) is 0 Å². The third-order valence-corrected chi connectivity index (χ3v) is 2.40. The third-order valence-electron chi connectivity index (χ3n) is 2.40. The van der Waals surface area contributed by atoms with Gasteiger partial charge in [-0.05, 0) is 18.2 Å². The Kier molecular flexibility index (Phi) is 2.93. The molecule has 9 heteroatoms. The second-order valence-corrected chi connectivity index (χ2v) is 3.69. The zero-order valence-corrected chi connectivity index (χ0v) is 9.74. The maximum atomic E-state index is 13.3. The van der Waals surface area contributed by atoms with Crippen molar-refractivity contribution in [3.63, 3.8) is 0 Å². The van der Waals surface area contributed by atoms with Gasteiger partial charge in [-0.25, -0.2) is 13.8 Å². The first-order valence-corrected chi connectivity index (χ1v) is 5.44. The first-order chi connectivity index (χ1) is 9.65. The van der Waals surface area contributed by atoms with Gasteiger partial charge in [0, 0.05) is 12.3 Å². The van der Waals surface area contributed by atoms with Gasteiger partial charge in [-0.2, -0.15) is 8.91 Å². The molecule has 0 aliphatic rings. The molecule has 0 fully saturated rings. The van der Waals surface area contributed by atoms with Crippen LogP contribution >= 0.6 is 0 Å². The summed E-state index contributed by atoms with van der Waals surface area (Å²) in [6.07, 6.45) is -1.57. The number of halogens is 3. The summed E-state index contributed by atoms with van der Waals surface area (Å²) in [5.74, 6) is -1.68. The summed E-state index contributed by atoms with van der Waals surface area (Å²) in [7, 11) is 0. The molecule has 0 N–H and O–H groups in total. The molecule has 102 valence electrons. The summed E-state index contributed by atoms with van der Waals surface area (Å²) < 4.78 is 44.7. The standard InChI is InChI=1S/C11H6F3N5O/c12-9(13)11-17-16-7-3-4-8(18-19(7)11)20-6-2-1-5-15-10(6)14/h1-5,9H. The van der Waals surface area contributed by atoms with Crippen molar-refractivity contribution in [3.05, 3.63) is 42.2 Å². The Hall–Kier alpha value is -2.71. The van der Waals surface area contributed by atoms with Crippen molar-refractivity contribution in [2.24, 2.45) is 0 Å². The van der Waals surface area contributed by atoms with E-state index in [0.29, 0.717) is 0 Å². The molecule has 0 aliphatic carbocycles. The molecular weight excluding hydrogens is 275 g/mol. The molecule has 3 rings (SSSR count). The van der Waals surface area contributed by atoms with Gasteiger partial charge in [0.1, 0.15) is 0 Å². The highest BCUT2D eigenvalue weighted by molar-refractivity contribution is 5.38. The molecule has 0 saturated carbocycles. The first kappa shape index (κ1) is 12.3. The fraction of sp³-hybridized carbons (Fsp3) is 0.0909. The maximum Gasteiger partial charge on any atom is 0.299 e. The molecule has 0 aliphatic heterocycles. The summed E-state index contributed by atoms with van der Waals surface area (Å²) >= 11 is 0. The number of fused-ring (bicyclic) bond motifs is 1. The van der Waals surface area contributed by atoms with E-state index >= 15 is 0 Å². The number of rotatable bonds is 3. The normalized spacial score (nSPS) is 11.2. The van der Waals surface area contributed by atoms with Crippen molar-refractivity contribution in [1.82, 2.24) is 24.8 Å². The quantitative estimate of drug-likeness (QED) is 0.690. The zero-order valence-electron chi connectivity index (χ0n) is 9.74.